The Bertz CT molecular complexity index is 254. The lowest BCUT2D eigenvalue weighted by Gasteiger charge is -2.14. The Labute approximate surface area is 76.6 Å². The van der Waals surface area contributed by atoms with E-state index in [4.69, 9.17) is 14.5 Å². The lowest BCUT2D eigenvalue weighted by atomic mass is 10.2. The summed E-state index contributed by atoms with van der Waals surface area (Å²) in [7, 11) is -4.22. The number of ketones is 1. The molecule has 0 aromatic carbocycles. The van der Waals surface area contributed by atoms with Crippen LogP contribution in [0.15, 0.2) is 12.2 Å². The van der Waals surface area contributed by atoms with Crippen LogP contribution in [-0.4, -0.2) is 28.0 Å². The molecule has 0 aliphatic carbocycles. The third-order valence-electron chi connectivity index (χ3n) is 1.47. The van der Waals surface area contributed by atoms with Crippen molar-refractivity contribution in [1.82, 2.24) is 0 Å². The maximum absolute atomic E-state index is 10.6. The first-order valence-corrected chi connectivity index (χ1v) is 5.29. The third kappa shape index (κ3) is 4.95. The molecule has 0 fully saturated rings. The van der Waals surface area contributed by atoms with E-state index in [0.717, 1.165) is 0 Å². The minimum atomic E-state index is -4.22. The SMILES string of the molecule is C=C(COC(C)P(=O)(O)O)C(C)=O. The lowest BCUT2D eigenvalue weighted by molar-refractivity contribution is -0.114. The molecule has 1 atom stereocenters. The van der Waals surface area contributed by atoms with Crippen LogP contribution in [-0.2, 0) is 14.1 Å². The van der Waals surface area contributed by atoms with Gasteiger partial charge < -0.3 is 14.5 Å². The van der Waals surface area contributed by atoms with Gasteiger partial charge in [-0.3, -0.25) is 9.36 Å². The molecule has 5 nitrogen and oxygen atoms in total. The van der Waals surface area contributed by atoms with Crippen molar-refractivity contribution in [3.8, 4) is 0 Å². The highest BCUT2D eigenvalue weighted by molar-refractivity contribution is 7.52. The number of rotatable bonds is 5. The van der Waals surface area contributed by atoms with Gasteiger partial charge in [0, 0.05) is 5.57 Å². The van der Waals surface area contributed by atoms with Gasteiger partial charge in [-0.2, -0.15) is 0 Å². The normalized spacial score (nSPS) is 13.8. The Morgan fingerprint density at radius 2 is 2.08 bits per heavy atom. The summed E-state index contributed by atoms with van der Waals surface area (Å²) >= 11 is 0. The van der Waals surface area contributed by atoms with E-state index in [0.29, 0.717) is 0 Å². The van der Waals surface area contributed by atoms with Gasteiger partial charge in [0.05, 0.1) is 6.61 Å². The minimum absolute atomic E-state index is 0.151. The van der Waals surface area contributed by atoms with Gasteiger partial charge in [-0.25, -0.2) is 0 Å². The van der Waals surface area contributed by atoms with Crippen molar-refractivity contribution in [2.24, 2.45) is 0 Å². The summed E-state index contributed by atoms with van der Waals surface area (Å²) in [5.41, 5.74) is 0.195. The molecule has 0 saturated carbocycles. The Hall–Kier alpha value is -0.480. The van der Waals surface area contributed by atoms with Crippen LogP contribution in [0.5, 0.6) is 0 Å². The van der Waals surface area contributed by atoms with E-state index in [1.54, 1.807) is 0 Å². The molecule has 0 aliphatic rings. The molecule has 0 rings (SSSR count). The van der Waals surface area contributed by atoms with Crippen molar-refractivity contribution in [2.45, 2.75) is 19.7 Å². The number of hydrogen-bond acceptors (Lipinski definition) is 3. The average Bonchev–Trinajstić information content (AvgIpc) is 1.97. The summed E-state index contributed by atoms with van der Waals surface area (Å²) in [6.07, 6.45) is 0. The average molecular weight is 208 g/mol. The molecule has 0 aromatic heterocycles. The van der Waals surface area contributed by atoms with Crippen LogP contribution >= 0.6 is 7.60 Å². The summed E-state index contributed by atoms with van der Waals surface area (Å²) in [5, 5.41) is 0. The van der Waals surface area contributed by atoms with Gasteiger partial charge in [0.1, 0.15) is 0 Å². The Kier molecular flexibility index (Phi) is 4.50. The predicted octanol–water partition coefficient (Wildman–Crippen LogP) is 0.672. The number of hydrogen-bond donors (Lipinski definition) is 2. The maximum Gasteiger partial charge on any atom is 0.353 e. The highest BCUT2D eigenvalue weighted by Gasteiger charge is 2.24. The highest BCUT2D eigenvalue weighted by Crippen LogP contribution is 2.41. The van der Waals surface area contributed by atoms with Gasteiger partial charge in [-0.05, 0) is 13.8 Å². The number of Topliss-reactive ketones (excluding diaryl/α,β-unsaturated/α-hetero) is 1. The molecule has 2 N–H and O–H groups in total. The monoisotopic (exact) mass is 208 g/mol. The molecule has 0 saturated heterocycles. The molecule has 6 heteroatoms. The van der Waals surface area contributed by atoms with Crippen LogP contribution < -0.4 is 0 Å². The fourth-order valence-corrected chi connectivity index (χ4v) is 0.689. The first kappa shape index (κ1) is 12.5. The first-order valence-electron chi connectivity index (χ1n) is 3.60. The molecule has 1 unspecified atom stereocenters. The molecule has 0 aliphatic heterocycles. The fourth-order valence-electron chi connectivity index (χ4n) is 0.420. The van der Waals surface area contributed by atoms with Crippen LogP contribution in [0.4, 0.5) is 0 Å². The molecule has 0 radical (unpaired) electrons. The first-order chi connectivity index (χ1) is 5.75. The predicted molar refractivity (Wildman–Crippen MR) is 47.3 cm³/mol. The third-order valence-corrected chi connectivity index (χ3v) is 2.57. The molecule has 0 amide bonds. The van der Waals surface area contributed by atoms with E-state index in [2.05, 4.69) is 6.58 Å². The van der Waals surface area contributed by atoms with Crippen LogP contribution in [0.3, 0.4) is 0 Å². The quantitative estimate of drug-likeness (QED) is 0.512. The van der Waals surface area contributed by atoms with Gasteiger partial charge >= 0.3 is 7.60 Å². The summed E-state index contributed by atoms with van der Waals surface area (Å²) < 4.78 is 15.3. The summed E-state index contributed by atoms with van der Waals surface area (Å²) in [5.74, 6) is -1.46. The largest absolute Gasteiger partial charge is 0.361 e. The van der Waals surface area contributed by atoms with Crippen molar-refractivity contribution in [1.29, 1.82) is 0 Å². The van der Waals surface area contributed by atoms with E-state index in [-0.39, 0.29) is 18.0 Å². The molecule has 0 bridgehead atoms. The Balaban J connectivity index is 3.98. The second-order valence-corrected chi connectivity index (χ2v) is 4.56. The molecular weight excluding hydrogens is 195 g/mol. The van der Waals surface area contributed by atoms with Crippen LogP contribution in [0.1, 0.15) is 13.8 Å². The summed E-state index contributed by atoms with van der Waals surface area (Å²) in [6, 6.07) is 0. The maximum atomic E-state index is 10.6. The standard InChI is InChI=1S/C7H13O5P/c1-5(6(2)8)4-12-7(3)13(9,10)11/h7H,1,4H2,2-3H3,(H2,9,10,11). The van der Waals surface area contributed by atoms with E-state index < -0.39 is 13.4 Å². The Morgan fingerprint density at radius 3 is 2.38 bits per heavy atom. The molecule has 76 valence electrons. The van der Waals surface area contributed by atoms with Gasteiger partial charge in [-0.1, -0.05) is 6.58 Å². The van der Waals surface area contributed by atoms with Crippen molar-refractivity contribution in [2.75, 3.05) is 6.61 Å². The highest BCUT2D eigenvalue weighted by atomic mass is 31.2. The second kappa shape index (κ2) is 4.67. The smallest absolute Gasteiger partial charge is 0.353 e. The molecule has 0 spiro atoms. The minimum Gasteiger partial charge on any atom is -0.361 e. The topological polar surface area (TPSA) is 83.8 Å². The van der Waals surface area contributed by atoms with Crippen LogP contribution in [0.25, 0.3) is 0 Å². The van der Waals surface area contributed by atoms with E-state index >= 15 is 0 Å². The van der Waals surface area contributed by atoms with Crippen LogP contribution in [0, 0.1) is 0 Å². The van der Waals surface area contributed by atoms with Crippen LogP contribution in [0.2, 0.25) is 0 Å². The van der Waals surface area contributed by atoms with E-state index in [1.165, 1.54) is 13.8 Å². The fraction of sp³-hybridized carbons (Fsp3) is 0.571. The number of carbonyl (C=O) groups excluding carboxylic acids is 1. The zero-order valence-electron chi connectivity index (χ0n) is 7.56. The summed E-state index contributed by atoms with van der Waals surface area (Å²) in [4.78, 5) is 27.9. The van der Waals surface area contributed by atoms with Crippen molar-refractivity contribution in [3.05, 3.63) is 12.2 Å². The van der Waals surface area contributed by atoms with E-state index in [1.807, 2.05) is 0 Å². The molecule has 0 heterocycles. The number of carbonyl (C=O) groups is 1. The van der Waals surface area contributed by atoms with Gasteiger partial charge in [0.15, 0.2) is 11.6 Å². The van der Waals surface area contributed by atoms with Crippen molar-refractivity contribution in [3.63, 3.8) is 0 Å². The lowest BCUT2D eigenvalue weighted by Crippen LogP contribution is -2.13. The molecular formula is C7H13O5P. The van der Waals surface area contributed by atoms with Crippen molar-refractivity contribution < 1.29 is 23.9 Å². The molecule has 13 heavy (non-hydrogen) atoms. The molecule has 0 aromatic rings. The zero-order chi connectivity index (χ0) is 10.6. The second-order valence-electron chi connectivity index (χ2n) is 2.66. The van der Waals surface area contributed by atoms with Gasteiger partial charge in [-0.15, -0.1) is 0 Å². The number of ether oxygens (including phenoxy) is 1. The zero-order valence-corrected chi connectivity index (χ0v) is 8.45. The van der Waals surface area contributed by atoms with Crippen molar-refractivity contribution >= 4 is 13.4 Å². The van der Waals surface area contributed by atoms with E-state index in [9.17, 15) is 9.36 Å². The Morgan fingerprint density at radius 1 is 1.62 bits per heavy atom. The van der Waals surface area contributed by atoms with Gasteiger partial charge in [0.2, 0.25) is 0 Å². The summed E-state index contributed by atoms with van der Waals surface area (Å²) in [6.45, 7) is 5.79. The van der Waals surface area contributed by atoms with Gasteiger partial charge in [0.25, 0.3) is 0 Å².